The molecule has 1 unspecified atom stereocenters. The van der Waals surface area contributed by atoms with Gasteiger partial charge >= 0.3 is 0 Å². The van der Waals surface area contributed by atoms with E-state index in [4.69, 9.17) is 5.73 Å². The zero-order valence-corrected chi connectivity index (χ0v) is 9.36. The Balaban J connectivity index is 1.75. The summed E-state index contributed by atoms with van der Waals surface area (Å²) < 4.78 is 0. The second kappa shape index (κ2) is 4.21. The lowest BCUT2D eigenvalue weighted by Gasteiger charge is -2.22. The van der Waals surface area contributed by atoms with Gasteiger partial charge in [0.1, 0.15) is 12.2 Å². The Bertz CT molecular complexity index is 355. The largest absolute Gasteiger partial charge is 0.354 e. The lowest BCUT2D eigenvalue weighted by molar-refractivity contribution is -0.126. The molecule has 16 heavy (non-hydrogen) atoms. The smallest absolute Gasteiger partial charge is 0.240 e. The molecule has 0 spiro atoms. The van der Waals surface area contributed by atoms with Gasteiger partial charge in [-0.05, 0) is 25.7 Å². The molecule has 1 aliphatic rings. The van der Waals surface area contributed by atoms with Gasteiger partial charge in [-0.15, -0.1) is 0 Å². The van der Waals surface area contributed by atoms with Gasteiger partial charge in [-0.25, -0.2) is 4.98 Å². The molecule has 1 amide bonds. The van der Waals surface area contributed by atoms with Gasteiger partial charge in [0.25, 0.3) is 0 Å². The number of H-pyrrole nitrogens is 1. The Morgan fingerprint density at radius 3 is 3.06 bits per heavy atom. The summed E-state index contributed by atoms with van der Waals surface area (Å²) in [7, 11) is 0. The topological polar surface area (TPSA) is 96.7 Å². The Hall–Kier alpha value is -1.43. The molecule has 1 atom stereocenters. The van der Waals surface area contributed by atoms with Gasteiger partial charge in [-0.3, -0.25) is 9.89 Å². The van der Waals surface area contributed by atoms with E-state index in [1.807, 2.05) is 0 Å². The maximum absolute atomic E-state index is 11.8. The van der Waals surface area contributed by atoms with Crippen LogP contribution in [-0.2, 0) is 11.2 Å². The van der Waals surface area contributed by atoms with Gasteiger partial charge in [0.2, 0.25) is 5.91 Å². The van der Waals surface area contributed by atoms with E-state index >= 15 is 0 Å². The molecule has 0 radical (unpaired) electrons. The molecule has 2 rings (SSSR count). The van der Waals surface area contributed by atoms with Crippen LogP contribution in [-0.4, -0.2) is 33.2 Å². The fraction of sp³-hybridized carbons (Fsp3) is 0.700. The highest BCUT2D eigenvalue weighted by Gasteiger charge is 2.43. The minimum atomic E-state index is -0.721. The molecule has 6 heteroatoms. The number of nitrogens with zero attached hydrogens (tertiary/aromatic N) is 2. The van der Waals surface area contributed by atoms with Crippen molar-refractivity contribution in [3.05, 3.63) is 12.2 Å². The standard InChI is InChI=1S/C10H17N5O/c1-10(11,7-2-3-7)9(16)12-5-4-8-13-6-14-15-8/h6-7H,2-5,11H2,1H3,(H,12,16)(H,13,14,15). The SMILES string of the molecule is CC(N)(C(=O)NCCc1ncn[nH]1)C1CC1. The fourth-order valence-corrected chi connectivity index (χ4v) is 1.70. The van der Waals surface area contributed by atoms with Crippen molar-refractivity contribution in [3.8, 4) is 0 Å². The summed E-state index contributed by atoms with van der Waals surface area (Å²) in [6.45, 7) is 2.34. The average molecular weight is 223 g/mol. The van der Waals surface area contributed by atoms with Crippen LogP contribution in [0.4, 0.5) is 0 Å². The van der Waals surface area contributed by atoms with Crippen LogP contribution < -0.4 is 11.1 Å². The third-order valence-corrected chi connectivity index (χ3v) is 3.03. The fourth-order valence-electron chi connectivity index (χ4n) is 1.70. The maximum atomic E-state index is 11.8. The van der Waals surface area contributed by atoms with E-state index in [0.717, 1.165) is 18.7 Å². The first-order valence-corrected chi connectivity index (χ1v) is 5.52. The number of amides is 1. The van der Waals surface area contributed by atoms with Gasteiger partial charge in [0.05, 0.1) is 5.54 Å². The summed E-state index contributed by atoms with van der Waals surface area (Å²) in [6, 6.07) is 0. The molecule has 1 aromatic rings. The first-order valence-electron chi connectivity index (χ1n) is 5.52. The van der Waals surface area contributed by atoms with E-state index in [1.165, 1.54) is 6.33 Å². The van der Waals surface area contributed by atoms with Crippen LogP contribution in [0.1, 0.15) is 25.6 Å². The Morgan fingerprint density at radius 2 is 2.50 bits per heavy atom. The molecule has 1 heterocycles. The lowest BCUT2D eigenvalue weighted by atomic mass is 9.96. The summed E-state index contributed by atoms with van der Waals surface area (Å²) >= 11 is 0. The predicted molar refractivity (Wildman–Crippen MR) is 58.4 cm³/mol. The summed E-state index contributed by atoms with van der Waals surface area (Å²) in [4.78, 5) is 15.8. The molecule has 0 aromatic carbocycles. The normalized spacial score (nSPS) is 19.1. The first kappa shape index (κ1) is 11.1. The van der Waals surface area contributed by atoms with Gasteiger partial charge < -0.3 is 11.1 Å². The van der Waals surface area contributed by atoms with Crippen LogP contribution in [0.15, 0.2) is 6.33 Å². The molecular formula is C10H17N5O. The molecule has 1 aromatic heterocycles. The minimum Gasteiger partial charge on any atom is -0.354 e. The Morgan fingerprint density at radius 1 is 1.75 bits per heavy atom. The number of rotatable bonds is 5. The monoisotopic (exact) mass is 223 g/mol. The Labute approximate surface area is 94.0 Å². The van der Waals surface area contributed by atoms with Gasteiger partial charge in [0, 0.05) is 13.0 Å². The second-order valence-electron chi connectivity index (χ2n) is 4.50. The number of carbonyl (C=O) groups excluding carboxylic acids is 1. The summed E-state index contributed by atoms with van der Waals surface area (Å²) in [5, 5.41) is 9.31. The van der Waals surface area contributed by atoms with Crippen LogP contribution in [0, 0.1) is 5.92 Å². The van der Waals surface area contributed by atoms with Crippen LogP contribution in [0.2, 0.25) is 0 Å². The van der Waals surface area contributed by atoms with Gasteiger partial charge in [0.15, 0.2) is 0 Å². The molecule has 0 aliphatic heterocycles. The molecule has 0 bridgehead atoms. The number of nitrogens with two attached hydrogens (primary N) is 1. The number of nitrogens with one attached hydrogen (secondary N) is 2. The molecule has 1 saturated carbocycles. The average Bonchev–Trinajstić information content (AvgIpc) is 2.99. The first-order chi connectivity index (χ1) is 7.60. The van der Waals surface area contributed by atoms with Crippen molar-refractivity contribution >= 4 is 5.91 Å². The summed E-state index contributed by atoms with van der Waals surface area (Å²) in [5.41, 5.74) is 5.26. The number of carbonyl (C=O) groups is 1. The summed E-state index contributed by atoms with van der Waals surface area (Å²) in [5.74, 6) is 1.04. The number of hydrogen-bond donors (Lipinski definition) is 3. The van der Waals surface area contributed by atoms with E-state index in [9.17, 15) is 4.79 Å². The van der Waals surface area contributed by atoms with Gasteiger partial charge in [-0.2, -0.15) is 5.10 Å². The van der Waals surface area contributed by atoms with Crippen molar-refractivity contribution in [1.29, 1.82) is 0 Å². The van der Waals surface area contributed by atoms with Crippen LogP contribution in [0.5, 0.6) is 0 Å². The number of aromatic nitrogens is 3. The van der Waals surface area contributed by atoms with Crippen molar-refractivity contribution < 1.29 is 4.79 Å². The van der Waals surface area contributed by atoms with Crippen LogP contribution in [0.3, 0.4) is 0 Å². The molecule has 6 nitrogen and oxygen atoms in total. The van der Waals surface area contributed by atoms with Gasteiger partial charge in [-0.1, -0.05) is 0 Å². The van der Waals surface area contributed by atoms with E-state index in [-0.39, 0.29) is 5.91 Å². The highest BCUT2D eigenvalue weighted by Crippen LogP contribution is 2.37. The van der Waals surface area contributed by atoms with E-state index in [0.29, 0.717) is 18.9 Å². The molecule has 1 fully saturated rings. The van der Waals surface area contributed by atoms with Crippen LogP contribution >= 0.6 is 0 Å². The Kier molecular flexibility index (Phi) is 2.91. The van der Waals surface area contributed by atoms with Crippen molar-refractivity contribution in [1.82, 2.24) is 20.5 Å². The zero-order valence-electron chi connectivity index (χ0n) is 9.36. The number of aromatic amines is 1. The molecule has 1 aliphatic carbocycles. The minimum absolute atomic E-state index is 0.0745. The van der Waals surface area contributed by atoms with E-state index < -0.39 is 5.54 Å². The van der Waals surface area contributed by atoms with Crippen molar-refractivity contribution in [3.63, 3.8) is 0 Å². The lowest BCUT2D eigenvalue weighted by Crippen LogP contribution is -2.53. The summed E-state index contributed by atoms with van der Waals surface area (Å²) in [6.07, 6.45) is 4.21. The van der Waals surface area contributed by atoms with Crippen molar-refractivity contribution in [2.75, 3.05) is 6.54 Å². The van der Waals surface area contributed by atoms with E-state index in [1.54, 1.807) is 6.92 Å². The molecule has 4 N–H and O–H groups in total. The second-order valence-corrected chi connectivity index (χ2v) is 4.50. The molecular weight excluding hydrogens is 206 g/mol. The molecule has 88 valence electrons. The predicted octanol–water partition coefficient (Wildman–Crippen LogP) is -0.409. The highest BCUT2D eigenvalue weighted by atomic mass is 16.2. The van der Waals surface area contributed by atoms with E-state index in [2.05, 4.69) is 20.5 Å². The van der Waals surface area contributed by atoms with Crippen molar-refractivity contribution in [2.24, 2.45) is 11.7 Å². The maximum Gasteiger partial charge on any atom is 0.240 e. The third-order valence-electron chi connectivity index (χ3n) is 3.03. The number of hydrogen-bond acceptors (Lipinski definition) is 4. The quantitative estimate of drug-likeness (QED) is 0.632. The zero-order chi connectivity index (χ0) is 11.6. The molecule has 0 saturated heterocycles. The third kappa shape index (κ3) is 2.38. The highest BCUT2D eigenvalue weighted by molar-refractivity contribution is 5.86. The van der Waals surface area contributed by atoms with Crippen molar-refractivity contribution in [2.45, 2.75) is 31.7 Å². The van der Waals surface area contributed by atoms with Crippen LogP contribution in [0.25, 0.3) is 0 Å².